The monoisotopic (exact) mass is 373 g/mol. The Hall–Kier alpha value is -1.39. The van der Waals surface area contributed by atoms with E-state index in [-0.39, 0.29) is 23.6 Å². The number of ether oxygens (including phenoxy) is 2. The molecule has 26 heavy (non-hydrogen) atoms. The number of rotatable bonds is 4. The third-order valence-corrected chi connectivity index (χ3v) is 5.67. The Morgan fingerprint density at radius 2 is 1.50 bits per heavy atom. The van der Waals surface area contributed by atoms with Gasteiger partial charge < -0.3 is 14.4 Å². The highest BCUT2D eigenvalue weighted by atomic mass is 35.5. The number of nitrogens with zero attached hydrogens (tertiary/aromatic N) is 1. The van der Waals surface area contributed by atoms with Crippen LogP contribution in [0.3, 0.4) is 0 Å². The molecule has 2 aliphatic heterocycles. The van der Waals surface area contributed by atoms with Gasteiger partial charge in [-0.3, -0.25) is 0 Å². The number of hydrogen-bond donors (Lipinski definition) is 0. The van der Waals surface area contributed by atoms with Crippen LogP contribution >= 0.6 is 12.4 Å². The maximum absolute atomic E-state index is 7.08. The van der Waals surface area contributed by atoms with Gasteiger partial charge in [0.2, 0.25) is 0 Å². The summed E-state index contributed by atoms with van der Waals surface area (Å²) in [5, 5.41) is 0. The van der Waals surface area contributed by atoms with Crippen molar-refractivity contribution in [3.8, 4) is 0 Å². The van der Waals surface area contributed by atoms with E-state index in [9.17, 15) is 0 Å². The summed E-state index contributed by atoms with van der Waals surface area (Å²) < 4.78 is 12.7. The largest absolute Gasteiger partial charge is 0.381 e. The molecule has 0 aliphatic carbocycles. The number of halogens is 1. The lowest BCUT2D eigenvalue weighted by molar-refractivity contribution is -0.167. The minimum Gasteiger partial charge on any atom is -0.381 e. The van der Waals surface area contributed by atoms with Gasteiger partial charge in [0, 0.05) is 32.6 Å². The molecular weight excluding hydrogens is 346 g/mol. The molecule has 1 unspecified atom stereocenters. The van der Waals surface area contributed by atoms with Crippen LogP contribution in [-0.4, -0.2) is 38.8 Å². The average Bonchev–Trinajstić information content (AvgIpc) is 2.93. The first-order chi connectivity index (χ1) is 12.2. The fourth-order valence-corrected chi connectivity index (χ4v) is 4.38. The Balaban J connectivity index is 0.00000196. The van der Waals surface area contributed by atoms with Crippen LogP contribution in [0.2, 0.25) is 0 Å². The van der Waals surface area contributed by atoms with Crippen molar-refractivity contribution >= 4 is 12.4 Å². The van der Waals surface area contributed by atoms with Gasteiger partial charge in [-0.15, -0.1) is 12.4 Å². The molecule has 0 radical (unpaired) electrons. The van der Waals surface area contributed by atoms with E-state index in [0.29, 0.717) is 0 Å². The van der Waals surface area contributed by atoms with Crippen LogP contribution in [0.1, 0.15) is 36.0 Å². The maximum atomic E-state index is 7.08. The summed E-state index contributed by atoms with van der Waals surface area (Å²) in [6.45, 7) is 2.52. The molecule has 2 aliphatic rings. The molecule has 0 N–H and O–H groups in total. The van der Waals surface area contributed by atoms with E-state index in [0.717, 1.165) is 39.0 Å². The standard InChI is InChI=1S/C22H27NO2.ClH/c1-23(2)15-12-22(18-8-4-3-5-9-18)20-11-7-6-10-19(20)21(25-22)13-16-24-17-14-21;/h3-11H,12-17H2,1-2H3;1H. The van der Waals surface area contributed by atoms with Gasteiger partial charge in [0.25, 0.3) is 0 Å². The van der Waals surface area contributed by atoms with Gasteiger partial charge in [0.1, 0.15) is 5.60 Å². The zero-order chi connectivity index (χ0) is 17.3. The highest BCUT2D eigenvalue weighted by molar-refractivity contribution is 5.85. The predicted octanol–water partition coefficient (Wildman–Crippen LogP) is 4.34. The van der Waals surface area contributed by atoms with E-state index in [4.69, 9.17) is 9.47 Å². The van der Waals surface area contributed by atoms with Crippen molar-refractivity contribution in [2.24, 2.45) is 0 Å². The van der Waals surface area contributed by atoms with E-state index in [1.165, 1.54) is 16.7 Å². The second-order valence-corrected chi connectivity index (χ2v) is 7.50. The highest BCUT2D eigenvalue weighted by Crippen LogP contribution is 2.55. The van der Waals surface area contributed by atoms with E-state index < -0.39 is 0 Å². The molecule has 0 bridgehead atoms. The van der Waals surface area contributed by atoms with Gasteiger partial charge in [0.05, 0.1) is 5.60 Å². The van der Waals surface area contributed by atoms with Crippen molar-refractivity contribution in [3.63, 3.8) is 0 Å². The first kappa shape index (κ1) is 19.4. The smallest absolute Gasteiger partial charge is 0.121 e. The highest BCUT2D eigenvalue weighted by Gasteiger charge is 2.54. The molecule has 1 atom stereocenters. The molecule has 2 heterocycles. The molecule has 1 spiro atoms. The maximum Gasteiger partial charge on any atom is 0.121 e. The molecule has 1 fully saturated rings. The first-order valence-corrected chi connectivity index (χ1v) is 9.24. The van der Waals surface area contributed by atoms with Gasteiger partial charge >= 0.3 is 0 Å². The molecule has 2 aromatic rings. The summed E-state index contributed by atoms with van der Waals surface area (Å²) in [5.74, 6) is 0. The summed E-state index contributed by atoms with van der Waals surface area (Å²) in [5.41, 5.74) is 3.37. The zero-order valence-corrected chi connectivity index (χ0v) is 16.4. The summed E-state index contributed by atoms with van der Waals surface area (Å²) in [4.78, 5) is 2.24. The molecule has 3 nitrogen and oxygen atoms in total. The van der Waals surface area contributed by atoms with Gasteiger partial charge in [-0.05, 0) is 37.2 Å². The molecule has 1 saturated heterocycles. The summed E-state index contributed by atoms with van der Waals surface area (Å²) in [6.07, 6.45) is 2.81. The van der Waals surface area contributed by atoms with Gasteiger partial charge in [-0.25, -0.2) is 0 Å². The van der Waals surface area contributed by atoms with Crippen LogP contribution in [0, 0.1) is 0 Å². The van der Waals surface area contributed by atoms with E-state index >= 15 is 0 Å². The van der Waals surface area contributed by atoms with E-state index in [2.05, 4.69) is 73.6 Å². The molecule has 2 aromatic carbocycles. The minimum absolute atomic E-state index is 0. The molecule has 0 saturated carbocycles. The van der Waals surface area contributed by atoms with Crippen LogP contribution in [0.4, 0.5) is 0 Å². The SMILES string of the molecule is CN(C)CCC1(c2ccccc2)OC2(CCOCC2)c2ccccc21.Cl. The van der Waals surface area contributed by atoms with Crippen molar-refractivity contribution in [2.45, 2.75) is 30.5 Å². The van der Waals surface area contributed by atoms with Crippen LogP contribution in [0.15, 0.2) is 54.6 Å². The van der Waals surface area contributed by atoms with E-state index in [1.54, 1.807) is 0 Å². The predicted molar refractivity (Wildman–Crippen MR) is 107 cm³/mol. The van der Waals surface area contributed by atoms with Crippen LogP contribution < -0.4 is 0 Å². The second-order valence-electron chi connectivity index (χ2n) is 7.50. The minimum atomic E-state index is -0.376. The number of fused-ring (bicyclic) bond motifs is 2. The molecule has 4 rings (SSSR count). The average molecular weight is 374 g/mol. The Morgan fingerprint density at radius 3 is 2.15 bits per heavy atom. The lowest BCUT2D eigenvalue weighted by atomic mass is 9.80. The quantitative estimate of drug-likeness (QED) is 0.795. The van der Waals surface area contributed by atoms with Gasteiger partial charge in [-0.2, -0.15) is 0 Å². The van der Waals surface area contributed by atoms with Crippen molar-refractivity contribution in [3.05, 3.63) is 71.3 Å². The number of benzene rings is 2. The summed E-state index contributed by atoms with van der Waals surface area (Å²) in [7, 11) is 4.26. The fraction of sp³-hybridized carbons (Fsp3) is 0.455. The third-order valence-electron chi connectivity index (χ3n) is 5.67. The summed E-state index contributed by atoms with van der Waals surface area (Å²) in [6, 6.07) is 19.6. The molecule has 4 heteroatoms. The van der Waals surface area contributed by atoms with Crippen LogP contribution in [-0.2, 0) is 20.7 Å². The van der Waals surface area contributed by atoms with Gasteiger partial charge in [0.15, 0.2) is 0 Å². The summed E-state index contributed by atoms with van der Waals surface area (Å²) >= 11 is 0. The molecular formula is C22H28ClNO2. The lowest BCUT2D eigenvalue weighted by Crippen LogP contribution is -2.39. The molecule has 0 aromatic heterocycles. The van der Waals surface area contributed by atoms with Gasteiger partial charge in [-0.1, -0.05) is 54.6 Å². The normalized spacial score (nSPS) is 23.7. The number of hydrogen-bond acceptors (Lipinski definition) is 3. The topological polar surface area (TPSA) is 21.7 Å². The Kier molecular flexibility index (Phi) is 5.73. The van der Waals surface area contributed by atoms with E-state index in [1.807, 2.05) is 0 Å². The van der Waals surface area contributed by atoms with Crippen LogP contribution in [0.25, 0.3) is 0 Å². The molecule has 0 amide bonds. The van der Waals surface area contributed by atoms with Crippen molar-refractivity contribution in [1.29, 1.82) is 0 Å². The fourth-order valence-electron chi connectivity index (χ4n) is 4.38. The Bertz CT molecular complexity index is 728. The van der Waals surface area contributed by atoms with Crippen LogP contribution in [0.5, 0.6) is 0 Å². The Labute approximate surface area is 162 Å². The van der Waals surface area contributed by atoms with Crippen molar-refractivity contribution in [2.75, 3.05) is 33.9 Å². The zero-order valence-electron chi connectivity index (χ0n) is 15.6. The first-order valence-electron chi connectivity index (χ1n) is 9.24. The second kappa shape index (κ2) is 7.69. The Morgan fingerprint density at radius 1 is 0.885 bits per heavy atom. The van der Waals surface area contributed by atoms with Crippen molar-refractivity contribution < 1.29 is 9.47 Å². The lowest BCUT2D eigenvalue weighted by Gasteiger charge is -2.39. The molecule has 140 valence electrons. The van der Waals surface area contributed by atoms with Crippen molar-refractivity contribution in [1.82, 2.24) is 4.90 Å². The third kappa shape index (κ3) is 3.18.